The largest absolute Gasteiger partial charge is 0.495 e. The summed E-state index contributed by atoms with van der Waals surface area (Å²) in [6, 6.07) is 6.67. The lowest BCUT2D eigenvalue weighted by Crippen LogP contribution is -2.30. The van der Waals surface area contributed by atoms with Crippen molar-refractivity contribution in [1.29, 1.82) is 0 Å². The summed E-state index contributed by atoms with van der Waals surface area (Å²) in [7, 11) is 2.75. The Hall–Kier alpha value is -3.01. The lowest BCUT2D eigenvalue weighted by molar-refractivity contribution is -0.384. The number of carbonyl (C=O) groups is 1. The molecule has 0 fully saturated rings. The number of nitro benzene ring substituents is 1. The third-order valence-corrected chi connectivity index (χ3v) is 3.96. The Labute approximate surface area is 162 Å². The smallest absolute Gasteiger partial charge is 0.416 e. The van der Waals surface area contributed by atoms with Gasteiger partial charge in [-0.15, -0.1) is 0 Å². The number of methoxy groups -OCH3 is 1. The Morgan fingerprint density at radius 3 is 2.54 bits per heavy atom. The molecule has 7 nitrogen and oxygen atoms in total. The number of alkyl halides is 3. The quantitative estimate of drug-likeness (QED) is 0.558. The highest BCUT2D eigenvalue weighted by molar-refractivity contribution is 6.31. The van der Waals surface area contributed by atoms with E-state index in [1.165, 1.54) is 25.1 Å². The summed E-state index contributed by atoms with van der Waals surface area (Å²) in [5.41, 5.74) is -1.75. The zero-order valence-corrected chi connectivity index (χ0v) is 15.5. The average Bonchev–Trinajstić information content (AvgIpc) is 2.60. The number of hydrogen-bond donors (Lipinski definition) is 1. The Morgan fingerprint density at radius 2 is 1.96 bits per heavy atom. The van der Waals surface area contributed by atoms with Gasteiger partial charge < -0.3 is 15.0 Å². The highest BCUT2D eigenvalue weighted by Crippen LogP contribution is 2.36. The Bertz CT molecular complexity index is 906. The van der Waals surface area contributed by atoms with Gasteiger partial charge in [0.2, 0.25) is 5.91 Å². The molecule has 0 spiro atoms. The number of ether oxygens (including phenoxy) is 1. The maximum atomic E-state index is 12.8. The van der Waals surface area contributed by atoms with Crippen LogP contribution in [0, 0.1) is 10.1 Å². The van der Waals surface area contributed by atoms with E-state index in [4.69, 9.17) is 16.3 Å². The Kier molecular flexibility index (Phi) is 6.34. The molecule has 0 saturated carbocycles. The molecule has 0 aromatic heterocycles. The van der Waals surface area contributed by atoms with Gasteiger partial charge in [0.1, 0.15) is 11.4 Å². The van der Waals surface area contributed by atoms with E-state index in [9.17, 15) is 28.1 Å². The van der Waals surface area contributed by atoms with Crippen LogP contribution in [-0.4, -0.2) is 31.5 Å². The van der Waals surface area contributed by atoms with Crippen molar-refractivity contribution in [3.05, 3.63) is 57.1 Å². The summed E-state index contributed by atoms with van der Waals surface area (Å²) in [6.07, 6.45) is -4.72. The van der Waals surface area contributed by atoms with Crippen molar-refractivity contribution in [1.82, 2.24) is 0 Å². The summed E-state index contributed by atoms with van der Waals surface area (Å²) in [5.74, 6) is -0.224. The number of benzene rings is 2. The number of amides is 1. The fourth-order valence-electron chi connectivity index (χ4n) is 2.44. The molecular weight excluding hydrogens is 403 g/mol. The van der Waals surface area contributed by atoms with Gasteiger partial charge in [0.05, 0.1) is 29.8 Å². The molecule has 1 amide bonds. The molecule has 0 saturated heterocycles. The molecular formula is C17H15ClF3N3O4. The minimum Gasteiger partial charge on any atom is -0.495 e. The highest BCUT2D eigenvalue weighted by Gasteiger charge is 2.33. The molecule has 0 atom stereocenters. The summed E-state index contributed by atoms with van der Waals surface area (Å²) in [6.45, 7) is -0.359. The molecule has 11 heteroatoms. The first-order chi connectivity index (χ1) is 13.0. The second-order valence-corrected chi connectivity index (χ2v) is 6.14. The van der Waals surface area contributed by atoms with Crippen molar-refractivity contribution in [2.75, 3.05) is 30.9 Å². The third kappa shape index (κ3) is 5.03. The topological polar surface area (TPSA) is 84.7 Å². The van der Waals surface area contributed by atoms with E-state index in [0.29, 0.717) is 16.8 Å². The standard InChI is InChI=1S/C17H15ClF3N3O4/c1-23(9-16(25)22-12-8-11(18)4-6-15(12)28-2)13-5-3-10(17(19,20)21)7-14(13)24(26)27/h3-8H,9H2,1-2H3,(H,22,25). The van der Waals surface area contributed by atoms with Crippen LogP contribution in [0.3, 0.4) is 0 Å². The zero-order chi connectivity index (χ0) is 21.1. The van der Waals surface area contributed by atoms with Crippen molar-refractivity contribution in [2.45, 2.75) is 6.18 Å². The third-order valence-electron chi connectivity index (χ3n) is 3.73. The van der Waals surface area contributed by atoms with Crippen LogP contribution < -0.4 is 15.0 Å². The second kappa shape index (κ2) is 8.34. The van der Waals surface area contributed by atoms with Gasteiger partial charge in [-0.05, 0) is 30.3 Å². The molecule has 2 aromatic rings. The molecule has 0 heterocycles. The number of carbonyl (C=O) groups excluding carboxylic acids is 1. The summed E-state index contributed by atoms with van der Waals surface area (Å²) in [4.78, 5) is 23.7. The van der Waals surface area contributed by atoms with Crippen molar-refractivity contribution in [2.24, 2.45) is 0 Å². The Balaban J connectivity index is 2.22. The van der Waals surface area contributed by atoms with Gasteiger partial charge in [0.15, 0.2) is 0 Å². The normalized spacial score (nSPS) is 11.1. The molecule has 0 bridgehead atoms. The first kappa shape index (κ1) is 21.3. The molecule has 0 radical (unpaired) electrons. The van der Waals surface area contributed by atoms with E-state index in [1.54, 1.807) is 12.1 Å². The highest BCUT2D eigenvalue weighted by atomic mass is 35.5. The van der Waals surface area contributed by atoms with Crippen molar-refractivity contribution < 1.29 is 27.6 Å². The predicted octanol–water partition coefficient (Wildman–Crippen LogP) is 4.35. The number of nitro groups is 1. The van der Waals surface area contributed by atoms with E-state index in [2.05, 4.69) is 5.32 Å². The number of nitrogens with zero attached hydrogens (tertiary/aromatic N) is 2. The van der Waals surface area contributed by atoms with Crippen LogP contribution in [0.4, 0.5) is 30.2 Å². The number of anilines is 2. The first-order valence-electron chi connectivity index (χ1n) is 7.73. The summed E-state index contributed by atoms with van der Waals surface area (Å²) >= 11 is 5.88. The minimum atomic E-state index is -4.72. The molecule has 0 aliphatic heterocycles. The zero-order valence-electron chi connectivity index (χ0n) is 14.7. The van der Waals surface area contributed by atoms with Crippen molar-refractivity contribution in [3.63, 3.8) is 0 Å². The molecule has 0 aliphatic carbocycles. The van der Waals surface area contributed by atoms with E-state index in [-0.39, 0.29) is 17.9 Å². The first-order valence-corrected chi connectivity index (χ1v) is 8.11. The number of likely N-dealkylation sites (N-methyl/N-ethyl adjacent to an activating group) is 1. The van der Waals surface area contributed by atoms with Crippen LogP contribution >= 0.6 is 11.6 Å². The number of rotatable bonds is 6. The summed E-state index contributed by atoms with van der Waals surface area (Å²) < 4.78 is 43.5. The Morgan fingerprint density at radius 1 is 1.29 bits per heavy atom. The molecule has 0 aliphatic rings. The molecule has 2 rings (SSSR count). The van der Waals surface area contributed by atoms with E-state index in [1.807, 2.05) is 0 Å². The van der Waals surface area contributed by atoms with E-state index in [0.717, 1.165) is 12.1 Å². The van der Waals surface area contributed by atoms with Gasteiger partial charge in [0, 0.05) is 18.1 Å². The molecule has 2 aromatic carbocycles. The van der Waals surface area contributed by atoms with Gasteiger partial charge in [0.25, 0.3) is 5.69 Å². The monoisotopic (exact) mass is 417 g/mol. The number of hydrogen-bond acceptors (Lipinski definition) is 5. The van der Waals surface area contributed by atoms with Crippen molar-refractivity contribution in [3.8, 4) is 5.75 Å². The number of nitrogens with one attached hydrogen (secondary N) is 1. The second-order valence-electron chi connectivity index (χ2n) is 5.71. The number of halogens is 4. The van der Waals surface area contributed by atoms with Crippen molar-refractivity contribution >= 4 is 34.6 Å². The molecule has 28 heavy (non-hydrogen) atoms. The fourth-order valence-corrected chi connectivity index (χ4v) is 2.61. The van der Waals surface area contributed by atoms with Gasteiger partial charge >= 0.3 is 6.18 Å². The summed E-state index contributed by atoms with van der Waals surface area (Å²) in [5, 5.41) is 14.1. The van der Waals surface area contributed by atoms with Gasteiger partial charge in [-0.25, -0.2) is 0 Å². The SMILES string of the molecule is COc1ccc(Cl)cc1NC(=O)CN(C)c1ccc(C(F)(F)F)cc1[N+](=O)[O-]. The molecule has 1 N–H and O–H groups in total. The predicted molar refractivity (Wildman–Crippen MR) is 98.0 cm³/mol. The van der Waals surface area contributed by atoms with Crippen LogP contribution in [0.5, 0.6) is 5.75 Å². The minimum absolute atomic E-state index is 0.133. The molecule has 150 valence electrons. The molecule has 0 unspecified atom stereocenters. The van der Waals surface area contributed by atoms with Gasteiger partial charge in [-0.2, -0.15) is 13.2 Å². The lowest BCUT2D eigenvalue weighted by Gasteiger charge is -2.20. The van der Waals surface area contributed by atoms with Crippen LogP contribution in [-0.2, 0) is 11.0 Å². The average molecular weight is 418 g/mol. The lowest BCUT2D eigenvalue weighted by atomic mass is 10.1. The van der Waals surface area contributed by atoms with Crippen LogP contribution in [0.1, 0.15) is 5.56 Å². The van der Waals surface area contributed by atoms with Crippen LogP contribution in [0.25, 0.3) is 0 Å². The van der Waals surface area contributed by atoms with Crippen LogP contribution in [0.15, 0.2) is 36.4 Å². The van der Waals surface area contributed by atoms with Crippen LogP contribution in [0.2, 0.25) is 5.02 Å². The maximum Gasteiger partial charge on any atom is 0.416 e. The fraction of sp³-hybridized carbons (Fsp3) is 0.235. The van der Waals surface area contributed by atoms with E-state index >= 15 is 0 Å². The van der Waals surface area contributed by atoms with Gasteiger partial charge in [-0.1, -0.05) is 11.6 Å². The van der Waals surface area contributed by atoms with Gasteiger partial charge in [-0.3, -0.25) is 14.9 Å². The maximum absolute atomic E-state index is 12.8. The van der Waals surface area contributed by atoms with E-state index < -0.39 is 28.3 Å².